The largest absolute Gasteiger partial charge is 0.461 e. The van der Waals surface area contributed by atoms with Gasteiger partial charge in [-0.05, 0) is 13.8 Å². The number of ether oxygens (including phenoxy) is 1. The summed E-state index contributed by atoms with van der Waals surface area (Å²) in [7, 11) is 0. The molecule has 0 amide bonds. The molecule has 0 saturated heterocycles. The fraction of sp³-hybridized carbons (Fsp3) is 0.667. The second kappa shape index (κ2) is 6.17. The summed E-state index contributed by atoms with van der Waals surface area (Å²) < 4.78 is 5.47. The molecule has 1 rings (SSSR count). The average Bonchev–Trinajstić information content (AvgIpc) is 2.66. The van der Waals surface area contributed by atoms with Gasteiger partial charge in [0.2, 0.25) is 5.01 Å². The standard InChI is InChI=1S/C9H14N2O3S2/c1-4-14-8(13)7-10-11-9(16-7)15-6(3)5(2)12/h5-6,12H,4H2,1-3H3. The highest BCUT2D eigenvalue weighted by Gasteiger charge is 2.17. The van der Waals surface area contributed by atoms with E-state index < -0.39 is 12.1 Å². The van der Waals surface area contributed by atoms with E-state index in [2.05, 4.69) is 10.2 Å². The lowest BCUT2D eigenvalue weighted by atomic mass is 10.3. The number of thioether (sulfide) groups is 1. The van der Waals surface area contributed by atoms with Crippen LogP contribution in [0.15, 0.2) is 4.34 Å². The Kier molecular flexibility index (Phi) is 5.17. The van der Waals surface area contributed by atoms with Gasteiger partial charge in [-0.1, -0.05) is 30.0 Å². The smallest absolute Gasteiger partial charge is 0.369 e. The van der Waals surface area contributed by atoms with Gasteiger partial charge in [0, 0.05) is 5.25 Å². The number of esters is 1. The van der Waals surface area contributed by atoms with Gasteiger partial charge in [-0.3, -0.25) is 0 Å². The minimum atomic E-state index is -0.448. The van der Waals surface area contributed by atoms with E-state index in [-0.39, 0.29) is 10.3 Å². The summed E-state index contributed by atoms with van der Waals surface area (Å²) in [5.74, 6) is -0.448. The van der Waals surface area contributed by atoms with Crippen LogP contribution in [0.25, 0.3) is 0 Å². The first-order chi connectivity index (χ1) is 7.54. The molecule has 1 aromatic rings. The van der Waals surface area contributed by atoms with Crippen LogP contribution in [0.4, 0.5) is 0 Å². The van der Waals surface area contributed by atoms with E-state index in [1.807, 2.05) is 6.92 Å². The van der Waals surface area contributed by atoms with Crippen molar-refractivity contribution in [2.24, 2.45) is 0 Å². The summed E-state index contributed by atoms with van der Waals surface area (Å²) in [6, 6.07) is 0. The molecule has 1 heterocycles. The van der Waals surface area contributed by atoms with E-state index in [1.165, 1.54) is 23.1 Å². The summed E-state index contributed by atoms with van der Waals surface area (Å²) in [5, 5.41) is 17.2. The van der Waals surface area contributed by atoms with Crippen molar-refractivity contribution >= 4 is 29.1 Å². The topological polar surface area (TPSA) is 72.3 Å². The highest BCUT2D eigenvalue weighted by atomic mass is 32.2. The zero-order valence-corrected chi connectivity index (χ0v) is 11.0. The number of carbonyl (C=O) groups is 1. The number of hydrogen-bond donors (Lipinski definition) is 1. The molecular formula is C9H14N2O3S2. The molecule has 0 aliphatic rings. The number of aromatic nitrogens is 2. The molecule has 1 aromatic heterocycles. The van der Waals surface area contributed by atoms with Crippen molar-refractivity contribution < 1.29 is 14.6 Å². The predicted molar refractivity (Wildman–Crippen MR) is 62.9 cm³/mol. The third-order valence-corrected chi connectivity index (χ3v) is 4.11. The van der Waals surface area contributed by atoms with Crippen molar-refractivity contribution in [2.45, 2.75) is 36.5 Å². The number of nitrogens with zero attached hydrogens (tertiary/aromatic N) is 2. The van der Waals surface area contributed by atoms with E-state index in [1.54, 1.807) is 13.8 Å². The highest BCUT2D eigenvalue weighted by Crippen LogP contribution is 2.28. The maximum Gasteiger partial charge on any atom is 0.369 e. The Balaban J connectivity index is 2.61. The third-order valence-electron chi connectivity index (χ3n) is 1.82. The van der Waals surface area contributed by atoms with Crippen molar-refractivity contribution in [1.29, 1.82) is 0 Å². The molecule has 0 aliphatic carbocycles. The average molecular weight is 262 g/mol. The van der Waals surface area contributed by atoms with Crippen LogP contribution in [-0.2, 0) is 4.74 Å². The molecule has 7 heteroatoms. The quantitative estimate of drug-likeness (QED) is 0.641. The number of aliphatic hydroxyl groups is 1. The maximum absolute atomic E-state index is 11.3. The van der Waals surface area contributed by atoms with Gasteiger partial charge < -0.3 is 9.84 Å². The maximum atomic E-state index is 11.3. The summed E-state index contributed by atoms with van der Waals surface area (Å²) in [6.07, 6.45) is -0.431. The van der Waals surface area contributed by atoms with Crippen LogP contribution >= 0.6 is 23.1 Å². The molecule has 0 bridgehead atoms. The van der Waals surface area contributed by atoms with Crippen molar-refractivity contribution in [3.05, 3.63) is 5.01 Å². The molecule has 2 unspecified atom stereocenters. The molecule has 0 aromatic carbocycles. The molecule has 0 saturated carbocycles. The molecule has 0 spiro atoms. The number of hydrogen-bond acceptors (Lipinski definition) is 7. The van der Waals surface area contributed by atoms with Gasteiger partial charge in [0.05, 0.1) is 12.7 Å². The lowest BCUT2D eigenvalue weighted by Crippen LogP contribution is -2.14. The molecule has 0 fully saturated rings. The lowest BCUT2D eigenvalue weighted by molar-refractivity contribution is 0.0525. The normalized spacial score (nSPS) is 14.5. The Morgan fingerprint density at radius 2 is 2.25 bits per heavy atom. The zero-order chi connectivity index (χ0) is 12.1. The zero-order valence-electron chi connectivity index (χ0n) is 9.34. The van der Waals surface area contributed by atoms with Crippen LogP contribution in [-0.4, -0.2) is 39.2 Å². The first-order valence-electron chi connectivity index (χ1n) is 4.90. The van der Waals surface area contributed by atoms with Crippen LogP contribution in [0.1, 0.15) is 30.6 Å². The van der Waals surface area contributed by atoms with E-state index in [0.29, 0.717) is 10.9 Å². The number of rotatable bonds is 5. The fourth-order valence-corrected chi connectivity index (χ4v) is 2.75. The minimum Gasteiger partial charge on any atom is -0.461 e. The second-order valence-corrected chi connectivity index (χ2v) is 5.76. The van der Waals surface area contributed by atoms with Gasteiger partial charge in [-0.15, -0.1) is 10.2 Å². The van der Waals surface area contributed by atoms with Gasteiger partial charge in [0.25, 0.3) is 0 Å². The van der Waals surface area contributed by atoms with E-state index in [4.69, 9.17) is 4.74 Å². The van der Waals surface area contributed by atoms with Gasteiger partial charge >= 0.3 is 5.97 Å². The summed E-state index contributed by atoms with van der Waals surface area (Å²) in [4.78, 5) is 11.3. The Hall–Kier alpha value is -0.660. The number of carbonyl (C=O) groups excluding carboxylic acids is 1. The molecular weight excluding hydrogens is 248 g/mol. The van der Waals surface area contributed by atoms with E-state index in [0.717, 1.165) is 0 Å². The third kappa shape index (κ3) is 3.73. The van der Waals surface area contributed by atoms with Gasteiger partial charge in [0.15, 0.2) is 4.34 Å². The van der Waals surface area contributed by atoms with Crippen LogP contribution in [0, 0.1) is 0 Å². The van der Waals surface area contributed by atoms with Gasteiger partial charge in [-0.25, -0.2) is 4.79 Å². The van der Waals surface area contributed by atoms with Crippen LogP contribution in [0.3, 0.4) is 0 Å². The van der Waals surface area contributed by atoms with Crippen LogP contribution < -0.4 is 0 Å². The number of aliphatic hydroxyl groups excluding tert-OH is 1. The summed E-state index contributed by atoms with van der Waals surface area (Å²) >= 11 is 2.58. The summed E-state index contributed by atoms with van der Waals surface area (Å²) in [6.45, 7) is 5.67. The first-order valence-corrected chi connectivity index (χ1v) is 6.59. The molecule has 0 radical (unpaired) electrons. The molecule has 5 nitrogen and oxygen atoms in total. The Morgan fingerprint density at radius 3 is 2.81 bits per heavy atom. The monoisotopic (exact) mass is 262 g/mol. The van der Waals surface area contributed by atoms with Crippen LogP contribution in [0.2, 0.25) is 0 Å². The Bertz CT molecular complexity index is 354. The summed E-state index contributed by atoms with van der Waals surface area (Å²) in [5.41, 5.74) is 0. The van der Waals surface area contributed by atoms with Crippen molar-refractivity contribution in [2.75, 3.05) is 6.61 Å². The second-order valence-electron chi connectivity index (χ2n) is 3.16. The minimum absolute atomic E-state index is 0.0167. The van der Waals surface area contributed by atoms with Gasteiger partial charge in [0.1, 0.15) is 0 Å². The predicted octanol–water partition coefficient (Wildman–Crippen LogP) is 1.58. The van der Waals surface area contributed by atoms with E-state index in [9.17, 15) is 9.90 Å². The highest BCUT2D eigenvalue weighted by molar-refractivity contribution is 8.01. The van der Waals surface area contributed by atoms with Crippen molar-refractivity contribution in [3.63, 3.8) is 0 Å². The Morgan fingerprint density at radius 1 is 1.56 bits per heavy atom. The molecule has 1 N–H and O–H groups in total. The van der Waals surface area contributed by atoms with Crippen molar-refractivity contribution in [1.82, 2.24) is 10.2 Å². The Labute approximate surface area is 102 Å². The van der Waals surface area contributed by atoms with Crippen molar-refractivity contribution in [3.8, 4) is 0 Å². The lowest BCUT2D eigenvalue weighted by Gasteiger charge is -2.10. The molecule has 2 atom stereocenters. The van der Waals surface area contributed by atoms with Gasteiger partial charge in [-0.2, -0.15) is 0 Å². The molecule has 0 aliphatic heterocycles. The first kappa shape index (κ1) is 13.4. The molecule has 90 valence electrons. The van der Waals surface area contributed by atoms with E-state index >= 15 is 0 Å². The van der Waals surface area contributed by atoms with Crippen LogP contribution in [0.5, 0.6) is 0 Å². The molecule has 16 heavy (non-hydrogen) atoms. The SMILES string of the molecule is CCOC(=O)c1nnc(SC(C)C(C)O)s1. The fourth-order valence-electron chi connectivity index (χ4n) is 0.790.